The first-order valence-electron chi connectivity index (χ1n) is 5.73. The molecule has 0 atom stereocenters. The van der Waals surface area contributed by atoms with E-state index in [0.29, 0.717) is 5.06 Å². The summed E-state index contributed by atoms with van der Waals surface area (Å²) >= 11 is 1.68. The average molecular weight is 276 g/mol. The van der Waals surface area contributed by atoms with Crippen LogP contribution in [0.3, 0.4) is 0 Å². The number of carbonyl (C=O) groups is 1. The Morgan fingerprint density at radius 3 is 2.95 bits per heavy atom. The normalized spacial score (nSPS) is 10.3. The predicted molar refractivity (Wildman–Crippen MR) is 77.7 cm³/mol. The molecule has 2 amide bonds. The zero-order valence-corrected chi connectivity index (χ0v) is 11.3. The van der Waals surface area contributed by atoms with Crippen LogP contribution < -0.4 is 5.73 Å². The van der Waals surface area contributed by atoms with E-state index in [1.807, 2.05) is 30.3 Å². The van der Waals surface area contributed by atoms with Crippen LogP contribution in [0.25, 0.3) is 6.08 Å². The van der Waals surface area contributed by atoms with E-state index in [0.717, 1.165) is 22.6 Å². The second kappa shape index (κ2) is 8.25. The first-order valence-corrected chi connectivity index (χ1v) is 6.71. The fourth-order valence-corrected chi connectivity index (χ4v) is 2.26. The summed E-state index contributed by atoms with van der Waals surface area (Å²) in [6, 6.07) is 6.97. The van der Waals surface area contributed by atoms with Crippen molar-refractivity contribution in [3.05, 3.63) is 35.9 Å². The molecule has 100 valence electrons. The van der Waals surface area contributed by atoms with E-state index in [1.165, 1.54) is 0 Å². The van der Waals surface area contributed by atoms with Crippen molar-refractivity contribution >= 4 is 23.9 Å². The highest BCUT2D eigenvalue weighted by Crippen LogP contribution is 2.24. The van der Waals surface area contributed by atoms with Gasteiger partial charge in [-0.25, -0.2) is 9.86 Å². The molecule has 0 fully saturated rings. The van der Waals surface area contributed by atoms with E-state index in [1.54, 1.807) is 17.8 Å². The third-order valence-corrected chi connectivity index (χ3v) is 3.34. The lowest BCUT2D eigenvalue weighted by atomic mass is 10.2. The van der Waals surface area contributed by atoms with Crippen LogP contribution in [-0.2, 0) is 0 Å². The highest BCUT2D eigenvalue weighted by atomic mass is 32.2. The highest BCUT2D eigenvalue weighted by Gasteiger charge is 2.02. The van der Waals surface area contributed by atoms with Crippen molar-refractivity contribution < 1.29 is 10.0 Å². The Balaban J connectivity index is 2.64. The second-order valence-corrected chi connectivity index (χ2v) is 4.80. The Kier molecular flexibility index (Phi) is 6.58. The molecule has 0 aliphatic carbocycles. The fraction of sp³-hybridized carbons (Fsp3) is 0.214. The summed E-state index contributed by atoms with van der Waals surface area (Å²) in [7, 11) is 0. The molecule has 19 heavy (non-hydrogen) atoms. The summed E-state index contributed by atoms with van der Waals surface area (Å²) in [6.45, 7) is 0.0543. The zero-order valence-electron chi connectivity index (χ0n) is 10.5. The smallest absolute Gasteiger partial charge is 0.338 e. The third-order valence-electron chi connectivity index (χ3n) is 2.25. The Hall–Kier alpha value is -1.90. The SMILES string of the molecule is C#CCCSc1ccccc1/C=C/CN(O)C(N)=O. The molecule has 1 aromatic rings. The number of nitrogens with two attached hydrogens (primary N) is 1. The van der Waals surface area contributed by atoms with Crippen molar-refractivity contribution in [2.75, 3.05) is 12.3 Å². The third kappa shape index (κ3) is 5.51. The Morgan fingerprint density at radius 2 is 2.26 bits per heavy atom. The number of benzene rings is 1. The molecule has 0 spiro atoms. The quantitative estimate of drug-likeness (QED) is 0.276. The number of urea groups is 1. The molecule has 0 bridgehead atoms. The van der Waals surface area contributed by atoms with Crippen LogP contribution in [0.5, 0.6) is 0 Å². The van der Waals surface area contributed by atoms with Gasteiger partial charge in [-0.2, -0.15) is 0 Å². The summed E-state index contributed by atoms with van der Waals surface area (Å²) < 4.78 is 0. The number of hydroxylamine groups is 2. The Bertz CT molecular complexity index is 494. The largest absolute Gasteiger partial charge is 0.350 e. The molecule has 0 saturated carbocycles. The predicted octanol–water partition coefficient (Wildman–Crippen LogP) is 2.59. The van der Waals surface area contributed by atoms with E-state index < -0.39 is 6.03 Å². The van der Waals surface area contributed by atoms with Crippen LogP contribution in [0.4, 0.5) is 4.79 Å². The zero-order chi connectivity index (χ0) is 14.1. The number of carbonyl (C=O) groups excluding carboxylic acids is 1. The van der Waals surface area contributed by atoms with Crippen LogP contribution in [0, 0.1) is 12.3 Å². The van der Waals surface area contributed by atoms with Gasteiger partial charge in [0, 0.05) is 17.1 Å². The standard InChI is InChI=1S/C14H16N2O2S/c1-2-3-11-19-13-9-5-4-7-12(13)8-6-10-16(18)14(15)17/h1,4-9,18H,3,10-11H2,(H2,15,17)/b8-6+. The van der Waals surface area contributed by atoms with E-state index in [9.17, 15) is 4.79 Å². The molecule has 3 N–H and O–H groups in total. The van der Waals surface area contributed by atoms with Crippen LogP contribution >= 0.6 is 11.8 Å². The van der Waals surface area contributed by atoms with Crippen molar-refractivity contribution in [2.24, 2.45) is 5.73 Å². The lowest BCUT2D eigenvalue weighted by Crippen LogP contribution is -2.32. The van der Waals surface area contributed by atoms with Gasteiger partial charge in [-0.1, -0.05) is 30.4 Å². The maximum atomic E-state index is 10.6. The van der Waals surface area contributed by atoms with Gasteiger partial charge >= 0.3 is 6.03 Å². The molecule has 0 saturated heterocycles. The minimum Gasteiger partial charge on any atom is -0.350 e. The Morgan fingerprint density at radius 1 is 1.53 bits per heavy atom. The van der Waals surface area contributed by atoms with Crippen LogP contribution in [-0.4, -0.2) is 28.6 Å². The van der Waals surface area contributed by atoms with Gasteiger partial charge in [0.15, 0.2) is 0 Å². The van der Waals surface area contributed by atoms with Crippen LogP contribution in [0.2, 0.25) is 0 Å². The summed E-state index contributed by atoms with van der Waals surface area (Å²) in [5, 5.41) is 9.58. The molecular formula is C14H16N2O2S. The van der Waals surface area contributed by atoms with Crippen molar-refractivity contribution in [3.63, 3.8) is 0 Å². The maximum Gasteiger partial charge on any atom is 0.338 e. The number of nitrogens with zero attached hydrogens (tertiary/aromatic N) is 1. The maximum absolute atomic E-state index is 10.6. The lowest BCUT2D eigenvalue weighted by Gasteiger charge is -2.08. The average Bonchev–Trinajstić information content (AvgIpc) is 2.40. The van der Waals surface area contributed by atoms with E-state index in [-0.39, 0.29) is 6.54 Å². The molecular weight excluding hydrogens is 260 g/mol. The topological polar surface area (TPSA) is 66.6 Å². The monoisotopic (exact) mass is 276 g/mol. The number of terminal acetylenes is 1. The van der Waals surface area contributed by atoms with Crippen LogP contribution in [0.15, 0.2) is 35.2 Å². The summed E-state index contributed by atoms with van der Waals surface area (Å²) in [5.41, 5.74) is 5.92. The minimum atomic E-state index is -0.874. The first kappa shape index (κ1) is 15.2. The van der Waals surface area contributed by atoms with E-state index >= 15 is 0 Å². The van der Waals surface area contributed by atoms with Gasteiger partial charge in [-0.3, -0.25) is 5.21 Å². The molecule has 0 radical (unpaired) electrons. The molecule has 4 nitrogen and oxygen atoms in total. The van der Waals surface area contributed by atoms with Crippen LogP contribution in [0.1, 0.15) is 12.0 Å². The molecule has 0 aromatic heterocycles. The van der Waals surface area contributed by atoms with Gasteiger partial charge in [0.05, 0.1) is 6.54 Å². The molecule has 0 aliphatic rings. The van der Waals surface area contributed by atoms with Gasteiger partial charge in [-0.05, 0) is 11.6 Å². The molecule has 5 heteroatoms. The van der Waals surface area contributed by atoms with Gasteiger partial charge < -0.3 is 5.73 Å². The Labute approximate surface area is 117 Å². The van der Waals surface area contributed by atoms with Crippen molar-refractivity contribution in [2.45, 2.75) is 11.3 Å². The number of hydrogen-bond donors (Lipinski definition) is 2. The fourth-order valence-electron chi connectivity index (χ4n) is 1.34. The van der Waals surface area contributed by atoms with Gasteiger partial charge in [0.1, 0.15) is 0 Å². The van der Waals surface area contributed by atoms with Gasteiger partial charge in [-0.15, -0.1) is 24.1 Å². The van der Waals surface area contributed by atoms with Crippen molar-refractivity contribution in [3.8, 4) is 12.3 Å². The van der Waals surface area contributed by atoms with E-state index in [2.05, 4.69) is 5.92 Å². The van der Waals surface area contributed by atoms with Crippen molar-refractivity contribution in [1.29, 1.82) is 0 Å². The second-order valence-electron chi connectivity index (χ2n) is 3.66. The number of thioether (sulfide) groups is 1. The number of amides is 2. The van der Waals surface area contributed by atoms with E-state index in [4.69, 9.17) is 17.4 Å². The summed E-state index contributed by atoms with van der Waals surface area (Å²) in [4.78, 5) is 11.7. The highest BCUT2D eigenvalue weighted by molar-refractivity contribution is 7.99. The number of rotatable bonds is 6. The lowest BCUT2D eigenvalue weighted by molar-refractivity contribution is -0.0286. The first-order chi connectivity index (χ1) is 9.15. The summed E-state index contributed by atoms with van der Waals surface area (Å²) in [5.74, 6) is 3.45. The molecule has 1 aromatic carbocycles. The number of hydrogen-bond acceptors (Lipinski definition) is 3. The van der Waals surface area contributed by atoms with Gasteiger partial charge in [0.2, 0.25) is 0 Å². The van der Waals surface area contributed by atoms with Crippen molar-refractivity contribution in [1.82, 2.24) is 5.06 Å². The number of primary amides is 1. The molecule has 0 aliphatic heterocycles. The molecule has 1 rings (SSSR count). The van der Waals surface area contributed by atoms with Gasteiger partial charge in [0.25, 0.3) is 0 Å². The molecule has 0 unspecified atom stereocenters. The minimum absolute atomic E-state index is 0.0543. The molecule has 0 heterocycles. The summed E-state index contributed by atoms with van der Waals surface area (Å²) in [6.07, 6.45) is 9.44.